The van der Waals surface area contributed by atoms with Crippen LogP contribution in [-0.2, 0) is 13.0 Å². The van der Waals surface area contributed by atoms with Gasteiger partial charge >= 0.3 is 5.63 Å². The number of phenols is 1. The van der Waals surface area contributed by atoms with E-state index in [1.165, 1.54) is 22.1 Å². The van der Waals surface area contributed by atoms with Crippen molar-refractivity contribution in [3.05, 3.63) is 97.5 Å². The Kier molecular flexibility index (Phi) is 5.51. The Balaban J connectivity index is 1.69. The Labute approximate surface area is 173 Å². The molecule has 1 atom stereocenters. The molecule has 29 heavy (non-hydrogen) atoms. The number of nitrogens with one attached hydrogen (secondary N) is 1. The molecular weight excluding hydrogens is 382 g/mol. The van der Waals surface area contributed by atoms with Crippen molar-refractivity contribution >= 4 is 22.3 Å². The van der Waals surface area contributed by atoms with Crippen LogP contribution in [0.25, 0.3) is 11.0 Å². The van der Waals surface area contributed by atoms with Gasteiger partial charge in [-0.15, -0.1) is 11.3 Å². The molecule has 4 rings (SSSR count). The van der Waals surface area contributed by atoms with Crippen LogP contribution in [0.15, 0.2) is 69.2 Å². The van der Waals surface area contributed by atoms with Gasteiger partial charge in [0.15, 0.2) is 0 Å². The summed E-state index contributed by atoms with van der Waals surface area (Å²) in [7, 11) is 0. The standard InChI is InChI=1S/C24H23NO3S/c1-3-16-6-8-17(9-7-16)23(21-5-4-12-29-21)25-14-18-13-22(27)28-24-15(2)20(26)11-10-19(18)24/h4-13,23,25-26H,3,14H2,1-2H3/t23-/m0/s1. The predicted octanol–water partition coefficient (Wildman–Crippen LogP) is 5.31. The van der Waals surface area contributed by atoms with Gasteiger partial charge in [0.1, 0.15) is 11.3 Å². The smallest absolute Gasteiger partial charge is 0.336 e. The first-order valence-corrected chi connectivity index (χ1v) is 10.6. The average Bonchev–Trinajstić information content (AvgIpc) is 3.26. The van der Waals surface area contributed by atoms with E-state index in [2.05, 4.69) is 48.0 Å². The Hall–Kier alpha value is -2.89. The van der Waals surface area contributed by atoms with Crippen molar-refractivity contribution in [3.63, 3.8) is 0 Å². The van der Waals surface area contributed by atoms with Crippen molar-refractivity contribution < 1.29 is 9.52 Å². The van der Waals surface area contributed by atoms with Crippen LogP contribution in [0.5, 0.6) is 5.75 Å². The maximum atomic E-state index is 12.1. The first-order valence-electron chi connectivity index (χ1n) is 9.67. The van der Waals surface area contributed by atoms with Crippen LogP contribution in [0.2, 0.25) is 0 Å². The maximum absolute atomic E-state index is 12.1. The van der Waals surface area contributed by atoms with Gasteiger partial charge in [-0.1, -0.05) is 37.3 Å². The van der Waals surface area contributed by atoms with E-state index in [4.69, 9.17) is 4.42 Å². The molecule has 2 N–H and O–H groups in total. The van der Waals surface area contributed by atoms with Crippen molar-refractivity contribution in [3.8, 4) is 5.75 Å². The highest BCUT2D eigenvalue weighted by atomic mass is 32.1. The van der Waals surface area contributed by atoms with Crippen LogP contribution in [0.4, 0.5) is 0 Å². The molecule has 0 amide bonds. The molecule has 0 aliphatic carbocycles. The van der Waals surface area contributed by atoms with E-state index in [0.717, 1.165) is 17.4 Å². The number of thiophene rings is 1. The molecule has 4 nitrogen and oxygen atoms in total. The minimum atomic E-state index is -0.414. The summed E-state index contributed by atoms with van der Waals surface area (Å²) in [5.41, 5.74) is 3.95. The fourth-order valence-corrected chi connectivity index (χ4v) is 4.38. The van der Waals surface area contributed by atoms with Crippen molar-refractivity contribution in [1.29, 1.82) is 0 Å². The third-order valence-electron chi connectivity index (χ3n) is 5.26. The summed E-state index contributed by atoms with van der Waals surface area (Å²) in [6.07, 6.45) is 1.01. The monoisotopic (exact) mass is 405 g/mol. The first-order chi connectivity index (χ1) is 14.1. The van der Waals surface area contributed by atoms with Gasteiger partial charge in [0, 0.05) is 28.4 Å². The van der Waals surface area contributed by atoms with Crippen LogP contribution in [0, 0.1) is 6.92 Å². The lowest BCUT2D eigenvalue weighted by molar-refractivity contribution is 0.468. The molecule has 2 aromatic heterocycles. The summed E-state index contributed by atoms with van der Waals surface area (Å²) >= 11 is 1.71. The number of hydrogen-bond donors (Lipinski definition) is 2. The third kappa shape index (κ3) is 3.97. The van der Waals surface area contributed by atoms with E-state index >= 15 is 0 Å². The van der Waals surface area contributed by atoms with Crippen molar-refractivity contribution in [2.75, 3.05) is 0 Å². The average molecular weight is 406 g/mol. The molecule has 0 saturated carbocycles. The quantitative estimate of drug-likeness (QED) is 0.427. The number of aromatic hydroxyl groups is 1. The Morgan fingerprint density at radius 1 is 1.14 bits per heavy atom. The Morgan fingerprint density at radius 2 is 1.93 bits per heavy atom. The number of phenolic OH excluding ortho intramolecular Hbond substituents is 1. The van der Waals surface area contributed by atoms with Crippen molar-refractivity contribution in [1.82, 2.24) is 5.32 Å². The fourth-order valence-electron chi connectivity index (χ4n) is 3.56. The first kappa shape index (κ1) is 19.4. The summed E-state index contributed by atoms with van der Waals surface area (Å²) in [5.74, 6) is 0.123. The van der Waals surface area contributed by atoms with Gasteiger partial charge in [0.05, 0.1) is 6.04 Å². The van der Waals surface area contributed by atoms with Crippen molar-refractivity contribution in [2.45, 2.75) is 32.9 Å². The normalized spacial score (nSPS) is 12.3. The molecule has 5 heteroatoms. The second-order valence-electron chi connectivity index (χ2n) is 7.10. The zero-order valence-corrected chi connectivity index (χ0v) is 17.3. The van der Waals surface area contributed by atoms with E-state index in [1.54, 1.807) is 30.4 Å². The van der Waals surface area contributed by atoms with Gasteiger partial charge in [-0.2, -0.15) is 0 Å². The highest BCUT2D eigenvalue weighted by molar-refractivity contribution is 7.10. The summed E-state index contributed by atoms with van der Waals surface area (Å²) in [5, 5.41) is 16.5. The fraction of sp³-hybridized carbons (Fsp3) is 0.208. The molecule has 0 unspecified atom stereocenters. The molecular formula is C24H23NO3S. The van der Waals surface area contributed by atoms with Crippen LogP contribution < -0.4 is 10.9 Å². The Bertz CT molecular complexity index is 1180. The molecule has 2 heterocycles. The van der Waals surface area contributed by atoms with Gasteiger partial charge in [0.25, 0.3) is 0 Å². The zero-order chi connectivity index (χ0) is 20.4. The summed E-state index contributed by atoms with van der Waals surface area (Å²) in [4.78, 5) is 13.3. The lowest BCUT2D eigenvalue weighted by atomic mass is 10.0. The van der Waals surface area contributed by atoms with E-state index in [9.17, 15) is 9.90 Å². The molecule has 0 aliphatic rings. The minimum absolute atomic E-state index is 0.0291. The van der Waals surface area contributed by atoms with Crippen LogP contribution >= 0.6 is 11.3 Å². The summed E-state index contributed by atoms with van der Waals surface area (Å²) in [6, 6.07) is 17.8. The topological polar surface area (TPSA) is 62.5 Å². The maximum Gasteiger partial charge on any atom is 0.336 e. The third-order valence-corrected chi connectivity index (χ3v) is 6.20. The molecule has 148 valence electrons. The zero-order valence-electron chi connectivity index (χ0n) is 16.4. The van der Waals surface area contributed by atoms with E-state index in [1.807, 2.05) is 6.07 Å². The number of hydrogen-bond acceptors (Lipinski definition) is 5. The second-order valence-corrected chi connectivity index (χ2v) is 8.08. The number of fused-ring (bicyclic) bond motifs is 1. The molecule has 0 spiro atoms. The number of benzene rings is 2. The van der Waals surface area contributed by atoms with Crippen LogP contribution in [0.3, 0.4) is 0 Å². The predicted molar refractivity (Wildman–Crippen MR) is 118 cm³/mol. The molecule has 0 bridgehead atoms. The SMILES string of the molecule is CCc1ccc([C@H](NCc2cc(=O)oc3c(C)c(O)ccc23)c2cccs2)cc1. The number of aryl methyl sites for hydroxylation is 2. The summed E-state index contributed by atoms with van der Waals surface area (Å²) in [6.45, 7) is 4.40. The van der Waals surface area contributed by atoms with Crippen molar-refractivity contribution in [2.24, 2.45) is 0 Å². The lowest BCUT2D eigenvalue weighted by Crippen LogP contribution is -2.22. The second kappa shape index (κ2) is 8.23. The highest BCUT2D eigenvalue weighted by Gasteiger charge is 2.17. The van der Waals surface area contributed by atoms with E-state index in [-0.39, 0.29) is 11.8 Å². The van der Waals surface area contributed by atoms with E-state index in [0.29, 0.717) is 17.7 Å². The lowest BCUT2D eigenvalue weighted by Gasteiger charge is -2.19. The number of rotatable bonds is 6. The largest absolute Gasteiger partial charge is 0.508 e. The minimum Gasteiger partial charge on any atom is -0.508 e. The van der Waals surface area contributed by atoms with Gasteiger partial charge in [-0.05, 0) is 53.6 Å². The Morgan fingerprint density at radius 3 is 2.62 bits per heavy atom. The molecule has 0 saturated heterocycles. The molecule has 0 aliphatic heterocycles. The molecule has 0 fully saturated rings. The van der Waals surface area contributed by atoms with Gasteiger partial charge in [-0.3, -0.25) is 0 Å². The summed E-state index contributed by atoms with van der Waals surface area (Å²) < 4.78 is 5.36. The van der Waals surface area contributed by atoms with Gasteiger partial charge in [0.2, 0.25) is 0 Å². The highest BCUT2D eigenvalue weighted by Crippen LogP contribution is 2.30. The molecule has 4 aromatic rings. The van der Waals surface area contributed by atoms with Crippen LogP contribution in [-0.4, -0.2) is 5.11 Å². The van der Waals surface area contributed by atoms with E-state index < -0.39 is 5.63 Å². The molecule has 0 radical (unpaired) electrons. The van der Waals surface area contributed by atoms with Gasteiger partial charge in [-0.25, -0.2) is 4.79 Å². The van der Waals surface area contributed by atoms with Gasteiger partial charge < -0.3 is 14.8 Å². The van der Waals surface area contributed by atoms with Crippen LogP contribution in [0.1, 0.15) is 40.1 Å². The molecule has 2 aromatic carbocycles.